The minimum absolute atomic E-state index is 0.271. The molecule has 2 fully saturated rings. The van der Waals surface area contributed by atoms with Crippen LogP contribution in [0.25, 0.3) is 11.1 Å². The molecule has 2 aliphatic heterocycles. The third-order valence-electron chi connectivity index (χ3n) is 6.24. The van der Waals surface area contributed by atoms with Crippen LogP contribution in [0, 0.1) is 11.8 Å². The minimum atomic E-state index is -5.08. The molecule has 8 nitrogen and oxygen atoms in total. The average Bonchev–Trinajstić information content (AvgIpc) is 3.27. The number of halogens is 3. The predicted octanol–water partition coefficient (Wildman–Crippen LogP) is 2.79. The van der Waals surface area contributed by atoms with Crippen LogP contribution in [-0.2, 0) is 23.9 Å². The van der Waals surface area contributed by atoms with Crippen molar-refractivity contribution in [3.8, 4) is 11.1 Å². The molecule has 0 bridgehead atoms. The Hall–Kier alpha value is -3.73. The van der Waals surface area contributed by atoms with E-state index in [0.717, 1.165) is 21.6 Å². The number of methoxy groups -OCH3 is 1. The maximum Gasteiger partial charge on any atom is 0.490 e. The number of hydrogen-bond donors (Lipinski definition) is 2. The predicted molar refractivity (Wildman–Crippen MR) is 117 cm³/mol. The van der Waals surface area contributed by atoms with Crippen molar-refractivity contribution in [3.05, 3.63) is 60.2 Å². The Morgan fingerprint density at radius 2 is 1.51 bits per heavy atom. The standard InChI is InChI=1S/C22H22N2O4.C2HF3O2/c1-22(21(27)28-3)17-16(19(25)24(2)20(17)26)18(23-22)15-11-9-14(10-12-15)13-7-5-4-6-8-13;3-2(4,5)1(6)7/h4-12,16-18,23H,1-3H3;(H,6,7)/t16?,17?,18?,22-;/m1./s1. The number of hydrogen-bond acceptors (Lipinski definition) is 6. The van der Waals surface area contributed by atoms with Gasteiger partial charge in [-0.05, 0) is 23.6 Å². The molecule has 0 radical (unpaired) electrons. The van der Waals surface area contributed by atoms with Crippen LogP contribution < -0.4 is 5.32 Å². The van der Waals surface area contributed by atoms with Crippen molar-refractivity contribution >= 4 is 23.8 Å². The fraction of sp³-hybridized carbons (Fsp3) is 0.333. The highest BCUT2D eigenvalue weighted by molar-refractivity contribution is 6.09. The molecule has 0 aliphatic carbocycles. The molecule has 2 aromatic carbocycles. The van der Waals surface area contributed by atoms with Crippen LogP contribution in [0.15, 0.2) is 54.6 Å². The summed E-state index contributed by atoms with van der Waals surface area (Å²) in [6.45, 7) is 1.64. The van der Waals surface area contributed by atoms with Crippen molar-refractivity contribution < 1.29 is 42.2 Å². The largest absolute Gasteiger partial charge is 0.490 e. The molecular formula is C24H23F3N2O6. The Bertz CT molecular complexity index is 1140. The molecule has 11 heteroatoms. The van der Waals surface area contributed by atoms with Gasteiger partial charge in [0.15, 0.2) is 0 Å². The monoisotopic (exact) mass is 492 g/mol. The van der Waals surface area contributed by atoms with Gasteiger partial charge in [-0.25, -0.2) is 4.79 Å². The van der Waals surface area contributed by atoms with Gasteiger partial charge in [0.2, 0.25) is 11.8 Å². The van der Waals surface area contributed by atoms with Crippen LogP contribution >= 0.6 is 0 Å². The first kappa shape index (κ1) is 25.9. The molecule has 3 unspecified atom stereocenters. The van der Waals surface area contributed by atoms with Gasteiger partial charge < -0.3 is 9.84 Å². The smallest absolute Gasteiger partial charge is 0.475 e. The molecule has 2 aliphatic rings. The molecule has 0 spiro atoms. The SMILES string of the molecule is COC(=O)[C@]1(C)NC(c2ccc(-c3ccccc3)cc2)C2C(=O)N(C)C(=O)C21.O=C(O)C(F)(F)F. The highest BCUT2D eigenvalue weighted by Crippen LogP contribution is 2.48. The van der Waals surface area contributed by atoms with E-state index in [2.05, 4.69) is 5.32 Å². The summed E-state index contributed by atoms with van der Waals surface area (Å²) in [4.78, 5) is 48.0. The van der Waals surface area contributed by atoms with E-state index >= 15 is 0 Å². The lowest BCUT2D eigenvalue weighted by atomic mass is 9.80. The topological polar surface area (TPSA) is 113 Å². The Balaban J connectivity index is 0.000000429. The number of carbonyl (C=O) groups is 4. The van der Waals surface area contributed by atoms with Gasteiger partial charge in [-0.3, -0.25) is 24.6 Å². The number of imide groups is 1. The lowest BCUT2D eigenvalue weighted by molar-refractivity contribution is -0.192. The van der Waals surface area contributed by atoms with Gasteiger partial charge in [0.25, 0.3) is 0 Å². The number of ether oxygens (including phenoxy) is 1. The number of likely N-dealkylation sites (tertiary alicyclic amines) is 1. The zero-order chi connectivity index (χ0) is 26.1. The van der Waals surface area contributed by atoms with Gasteiger partial charge in [-0.1, -0.05) is 54.6 Å². The molecular weight excluding hydrogens is 469 g/mol. The number of esters is 1. The van der Waals surface area contributed by atoms with Gasteiger partial charge in [-0.15, -0.1) is 0 Å². The molecule has 186 valence electrons. The zero-order valence-corrected chi connectivity index (χ0v) is 19.0. The van der Waals surface area contributed by atoms with Crippen LogP contribution in [0.2, 0.25) is 0 Å². The average molecular weight is 492 g/mol. The van der Waals surface area contributed by atoms with Crippen molar-refractivity contribution in [2.45, 2.75) is 24.7 Å². The number of carbonyl (C=O) groups excluding carboxylic acids is 3. The summed E-state index contributed by atoms with van der Waals surface area (Å²) in [5, 5.41) is 10.4. The van der Waals surface area contributed by atoms with Gasteiger partial charge >= 0.3 is 18.1 Å². The molecule has 2 heterocycles. The summed E-state index contributed by atoms with van der Waals surface area (Å²) in [5.74, 6) is -5.33. The summed E-state index contributed by atoms with van der Waals surface area (Å²) in [6, 6.07) is 17.4. The highest BCUT2D eigenvalue weighted by atomic mass is 19.4. The van der Waals surface area contributed by atoms with Gasteiger partial charge in [0.1, 0.15) is 5.54 Å². The maximum absolute atomic E-state index is 12.8. The van der Waals surface area contributed by atoms with Gasteiger partial charge in [0, 0.05) is 13.1 Å². The maximum atomic E-state index is 12.8. The number of nitrogens with zero attached hydrogens (tertiary/aromatic N) is 1. The van der Waals surface area contributed by atoms with Crippen LogP contribution in [0.5, 0.6) is 0 Å². The van der Waals surface area contributed by atoms with E-state index in [1.807, 2.05) is 54.6 Å². The van der Waals surface area contributed by atoms with Gasteiger partial charge in [0.05, 0.1) is 18.9 Å². The fourth-order valence-corrected chi connectivity index (χ4v) is 4.48. The fourth-order valence-electron chi connectivity index (χ4n) is 4.48. The molecule has 4 atom stereocenters. The number of carboxylic acids is 1. The van der Waals surface area contributed by atoms with E-state index in [0.29, 0.717) is 0 Å². The van der Waals surface area contributed by atoms with Crippen molar-refractivity contribution in [2.75, 3.05) is 14.2 Å². The zero-order valence-electron chi connectivity index (χ0n) is 19.0. The van der Waals surface area contributed by atoms with Crippen LogP contribution in [0.1, 0.15) is 18.5 Å². The number of fused-ring (bicyclic) bond motifs is 1. The van der Waals surface area contributed by atoms with Crippen molar-refractivity contribution in [1.82, 2.24) is 10.2 Å². The Labute approximate surface area is 198 Å². The minimum Gasteiger partial charge on any atom is -0.475 e. The van der Waals surface area contributed by atoms with Crippen molar-refractivity contribution in [3.63, 3.8) is 0 Å². The van der Waals surface area contributed by atoms with Crippen LogP contribution in [-0.4, -0.2) is 59.6 Å². The summed E-state index contributed by atoms with van der Waals surface area (Å²) in [7, 11) is 2.76. The first-order valence-electron chi connectivity index (χ1n) is 10.5. The molecule has 0 saturated carbocycles. The van der Waals surface area contributed by atoms with Crippen LogP contribution in [0.4, 0.5) is 13.2 Å². The number of nitrogens with one attached hydrogen (secondary N) is 1. The lowest BCUT2D eigenvalue weighted by Gasteiger charge is -2.27. The summed E-state index contributed by atoms with van der Waals surface area (Å²) >= 11 is 0. The van der Waals surface area contributed by atoms with E-state index in [1.54, 1.807) is 6.92 Å². The molecule has 2 saturated heterocycles. The molecule has 4 rings (SSSR count). The van der Waals surface area contributed by atoms with Gasteiger partial charge in [-0.2, -0.15) is 13.2 Å². The second-order valence-corrected chi connectivity index (χ2v) is 8.35. The first-order chi connectivity index (χ1) is 16.3. The molecule has 2 N–H and O–H groups in total. The Kier molecular flexibility index (Phi) is 7.02. The van der Waals surface area contributed by atoms with Crippen molar-refractivity contribution in [1.29, 1.82) is 0 Å². The summed E-state index contributed by atoms with van der Waals surface area (Å²) in [5.41, 5.74) is 1.76. The lowest BCUT2D eigenvalue weighted by Crippen LogP contribution is -2.53. The van der Waals surface area contributed by atoms with Crippen molar-refractivity contribution in [2.24, 2.45) is 11.8 Å². The molecule has 0 aromatic heterocycles. The number of alkyl halides is 3. The number of amides is 2. The van der Waals surface area contributed by atoms with E-state index in [1.165, 1.54) is 14.2 Å². The normalized spacial score (nSPS) is 25.5. The van der Waals surface area contributed by atoms with Crippen LogP contribution in [0.3, 0.4) is 0 Å². The van der Waals surface area contributed by atoms with E-state index < -0.39 is 41.5 Å². The summed E-state index contributed by atoms with van der Waals surface area (Å²) < 4.78 is 36.7. The summed E-state index contributed by atoms with van der Waals surface area (Å²) in [6.07, 6.45) is -5.08. The quantitative estimate of drug-likeness (QED) is 0.501. The number of rotatable bonds is 3. The van der Waals surface area contributed by atoms with E-state index in [4.69, 9.17) is 14.6 Å². The molecule has 2 aromatic rings. The second-order valence-electron chi connectivity index (χ2n) is 8.35. The molecule has 35 heavy (non-hydrogen) atoms. The first-order valence-corrected chi connectivity index (χ1v) is 10.5. The van der Waals surface area contributed by atoms with E-state index in [-0.39, 0.29) is 11.8 Å². The Morgan fingerprint density at radius 1 is 1.00 bits per heavy atom. The third kappa shape index (κ3) is 4.76. The third-order valence-corrected chi connectivity index (χ3v) is 6.24. The molecule has 2 amide bonds. The Morgan fingerprint density at radius 3 is 2.00 bits per heavy atom. The number of aliphatic carboxylic acids is 1. The number of benzene rings is 2. The second kappa shape index (κ2) is 9.49. The number of carboxylic acid groups (broad SMARTS) is 1. The van der Waals surface area contributed by atoms with E-state index in [9.17, 15) is 27.6 Å². The highest BCUT2D eigenvalue weighted by Gasteiger charge is 2.66.